The van der Waals surface area contributed by atoms with E-state index in [0.29, 0.717) is 18.5 Å². The Morgan fingerprint density at radius 2 is 1.96 bits per heavy atom. The molecule has 1 aromatic rings. The molecule has 0 heterocycles. The third-order valence-electron chi connectivity index (χ3n) is 3.31. The van der Waals surface area contributed by atoms with E-state index >= 15 is 0 Å². The lowest BCUT2D eigenvalue weighted by Gasteiger charge is -2.21. The fourth-order valence-electron chi connectivity index (χ4n) is 2.11. The molecule has 9 heteroatoms. The van der Waals surface area contributed by atoms with E-state index in [1.807, 2.05) is 0 Å². The number of carbonyl (C=O) groups excluding carboxylic acids is 1. The zero-order chi connectivity index (χ0) is 17.6. The van der Waals surface area contributed by atoms with Crippen molar-refractivity contribution < 1.29 is 18.1 Å². The Hall–Kier alpha value is -2.00. The molecule has 0 radical (unpaired) electrons. The van der Waals surface area contributed by atoms with Crippen LogP contribution in [0.2, 0.25) is 0 Å². The van der Waals surface area contributed by atoms with Gasteiger partial charge in [0.1, 0.15) is 0 Å². The summed E-state index contributed by atoms with van der Waals surface area (Å²) in [5.41, 5.74) is 0.180. The van der Waals surface area contributed by atoms with Gasteiger partial charge in [-0.1, -0.05) is 19.9 Å². The van der Waals surface area contributed by atoms with E-state index in [9.17, 15) is 23.3 Å². The van der Waals surface area contributed by atoms with Crippen LogP contribution in [0.1, 0.15) is 26.3 Å². The average molecular weight is 343 g/mol. The minimum Gasteiger partial charge on any atom is -0.355 e. The summed E-state index contributed by atoms with van der Waals surface area (Å²) in [6, 6.07) is 3.76. The summed E-state index contributed by atoms with van der Waals surface area (Å²) >= 11 is 0. The lowest BCUT2D eigenvalue weighted by Crippen LogP contribution is -2.40. The molecule has 0 saturated carbocycles. The van der Waals surface area contributed by atoms with Crippen molar-refractivity contribution in [3.05, 3.63) is 33.9 Å². The second-order valence-electron chi connectivity index (χ2n) is 4.79. The largest absolute Gasteiger partial charge is 0.355 e. The molecule has 23 heavy (non-hydrogen) atoms. The number of amides is 1. The highest BCUT2D eigenvalue weighted by Gasteiger charge is 2.28. The Balaban J connectivity index is 3.31. The number of nitrogens with zero attached hydrogens (tertiary/aromatic N) is 2. The molecule has 0 atom stereocenters. The van der Waals surface area contributed by atoms with Crippen LogP contribution in [0.25, 0.3) is 0 Å². The van der Waals surface area contributed by atoms with Gasteiger partial charge in [0.15, 0.2) is 0 Å². The number of carbonyl (C=O) groups is 1. The third-order valence-corrected chi connectivity index (χ3v) is 5.31. The Morgan fingerprint density at radius 1 is 1.30 bits per heavy atom. The maximum atomic E-state index is 12.8. The summed E-state index contributed by atoms with van der Waals surface area (Å²) in [4.78, 5) is 21.8. The summed E-state index contributed by atoms with van der Waals surface area (Å²) < 4.78 is 26.6. The summed E-state index contributed by atoms with van der Waals surface area (Å²) in [5.74, 6) is -0.415. The molecule has 0 aliphatic rings. The molecule has 1 amide bonds. The number of likely N-dealkylation sites (N-methyl/N-ethyl adjacent to an activating group) is 2. The van der Waals surface area contributed by atoms with Crippen LogP contribution in [0.5, 0.6) is 0 Å². The molecule has 8 nitrogen and oxygen atoms in total. The second-order valence-corrected chi connectivity index (χ2v) is 6.69. The predicted octanol–water partition coefficient (Wildman–Crippen LogP) is 1.30. The van der Waals surface area contributed by atoms with Gasteiger partial charge in [-0.25, -0.2) is 8.42 Å². The number of hydrogen-bond acceptors (Lipinski definition) is 5. The number of nitro groups is 1. The molecular weight excluding hydrogens is 322 g/mol. The van der Waals surface area contributed by atoms with Crippen molar-refractivity contribution >= 4 is 21.6 Å². The highest BCUT2D eigenvalue weighted by atomic mass is 32.2. The molecule has 0 unspecified atom stereocenters. The fourth-order valence-corrected chi connectivity index (χ4v) is 3.83. The predicted molar refractivity (Wildman–Crippen MR) is 85.6 cm³/mol. The van der Waals surface area contributed by atoms with Crippen LogP contribution < -0.4 is 5.32 Å². The monoisotopic (exact) mass is 343 g/mol. The van der Waals surface area contributed by atoms with Gasteiger partial charge in [0.2, 0.25) is 15.9 Å². The van der Waals surface area contributed by atoms with Crippen LogP contribution in [0.3, 0.4) is 0 Å². The van der Waals surface area contributed by atoms with E-state index in [2.05, 4.69) is 5.32 Å². The number of non-ortho nitro benzene ring substituents is 1. The molecule has 1 aromatic carbocycles. The molecule has 1 N–H and O–H groups in total. The van der Waals surface area contributed by atoms with Crippen LogP contribution in [0.4, 0.5) is 5.69 Å². The quantitative estimate of drug-likeness (QED) is 0.565. The summed E-state index contributed by atoms with van der Waals surface area (Å²) in [6.45, 7) is 5.27. The number of sulfonamides is 1. The van der Waals surface area contributed by atoms with E-state index in [4.69, 9.17) is 0 Å². The topological polar surface area (TPSA) is 110 Å². The van der Waals surface area contributed by atoms with Crippen LogP contribution in [-0.2, 0) is 21.2 Å². The van der Waals surface area contributed by atoms with Crippen molar-refractivity contribution in [1.82, 2.24) is 9.62 Å². The van der Waals surface area contributed by atoms with Crippen molar-refractivity contribution in [2.45, 2.75) is 32.1 Å². The minimum absolute atomic E-state index is 0.0886. The van der Waals surface area contributed by atoms with Gasteiger partial charge in [-0.15, -0.1) is 0 Å². The Kier molecular flexibility index (Phi) is 6.64. The maximum absolute atomic E-state index is 12.8. The molecular formula is C14H21N3O5S. The minimum atomic E-state index is -4.00. The SMILES string of the molecule is CCNC(=O)CN(CC)S(=O)(=O)c1cc([N+](=O)[O-])ccc1CC. The van der Waals surface area contributed by atoms with E-state index in [0.717, 1.165) is 10.4 Å². The number of hydrogen-bond donors (Lipinski definition) is 1. The van der Waals surface area contributed by atoms with Crippen molar-refractivity contribution in [2.24, 2.45) is 0 Å². The molecule has 0 fully saturated rings. The molecule has 1 rings (SSSR count). The van der Waals surface area contributed by atoms with Crippen LogP contribution in [-0.4, -0.2) is 43.2 Å². The van der Waals surface area contributed by atoms with Crippen molar-refractivity contribution in [3.8, 4) is 0 Å². The van der Waals surface area contributed by atoms with Gasteiger partial charge < -0.3 is 5.32 Å². The van der Waals surface area contributed by atoms with Crippen molar-refractivity contribution in [3.63, 3.8) is 0 Å². The highest BCUT2D eigenvalue weighted by molar-refractivity contribution is 7.89. The maximum Gasteiger partial charge on any atom is 0.270 e. The summed E-state index contributed by atoms with van der Waals surface area (Å²) in [6.07, 6.45) is 0.408. The number of rotatable bonds is 8. The Morgan fingerprint density at radius 3 is 2.43 bits per heavy atom. The molecule has 0 spiro atoms. The van der Waals surface area contributed by atoms with Crippen LogP contribution in [0, 0.1) is 10.1 Å². The van der Waals surface area contributed by atoms with Gasteiger partial charge in [0, 0.05) is 25.2 Å². The number of nitrogens with one attached hydrogen (secondary N) is 1. The third kappa shape index (κ3) is 4.49. The average Bonchev–Trinajstić information content (AvgIpc) is 2.51. The first kappa shape index (κ1) is 19.0. The smallest absolute Gasteiger partial charge is 0.270 e. The summed E-state index contributed by atoms with van der Waals surface area (Å²) in [7, 11) is -4.00. The Labute approximate surface area is 135 Å². The Bertz CT molecular complexity index is 688. The van der Waals surface area contributed by atoms with E-state index < -0.39 is 20.9 Å². The van der Waals surface area contributed by atoms with Gasteiger partial charge in [0.25, 0.3) is 5.69 Å². The molecule has 0 aliphatic carbocycles. The molecule has 0 aromatic heterocycles. The van der Waals surface area contributed by atoms with E-state index in [-0.39, 0.29) is 23.7 Å². The van der Waals surface area contributed by atoms with Crippen molar-refractivity contribution in [2.75, 3.05) is 19.6 Å². The van der Waals surface area contributed by atoms with Gasteiger partial charge in [-0.2, -0.15) is 4.31 Å². The lowest BCUT2D eigenvalue weighted by atomic mass is 10.1. The van der Waals surface area contributed by atoms with Crippen LogP contribution in [0.15, 0.2) is 23.1 Å². The van der Waals surface area contributed by atoms with Crippen LogP contribution >= 0.6 is 0 Å². The number of benzene rings is 1. The first-order valence-electron chi connectivity index (χ1n) is 7.32. The van der Waals surface area contributed by atoms with Gasteiger partial charge in [0.05, 0.1) is 16.4 Å². The van der Waals surface area contributed by atoms with Gasteiger partial charge in [-0.3, -0.25) is 14.9 Å². The first-order valence-corrected chi connectivity index (χ1v) is 8.76. The number of nitro benzene ring substituents is 1. The van der Waals surface area contributed by atoms with Gasteiger partial charge in [-0.05, 0) is 18.9 Å². The first-order chi connectivity index (χ1) is 10.8. The molecule has 0 saturated heterocycles. The van der Waals surface area contributed by atoms with Gasteiger partial charge >= 0.3 is 0 Å². The second kappa shape index (κ2) is 8.02. The molecule has 0 aliphatic heterocycles. The van der Waals surface area contributed by atoms with E-state index in [1.165, 1.54) is 12.1 Å². The lowest BCUT2D eigenvalue weighted by molar-refractivity contribution is -0.385. The molecule has 0 bridgehead atoms. The van der Waals surface area contributed by atoms with Crippen molar-refractivity contribution in [1.29, 1.82) is 0 Å². The van der Waals surface area contributed by atoms with E-state index in [1.54, 1.807) is 20.8 Å². The zero-order valence-corrected chi connectivity index (χ0v) is 14.2. The number of aryl methyl sites for hydroxylation is 1. The summed E-state index contributed by atoms with van der Waals surface area (Å²) in [5, 5.41) is 13.5. The normalized spacial score (nSPS) is 11.5. The molecule has 128 valence electrons. The standard InChI is InChI=1S/C14H21N3O5S/c1-4-11-7-8-12(17(19)20)9-13(11)23(21,22)16(6-3)10-14(18)15-5-2/h7-9H,4-6,10H2,1-3H3,(H,15,18). The zero-order valence-electron chi connectivity index (χ0n) is 13.4. The highest BCUT2D eigenvalue weighted by Crippen LogP contribution is 2.25. The fraction of sp³-hybridized carbons (Fsp3) is 0.500.